The first-order valence-corrected chi connectivity index (χ1v) is 8.38. The van der Waals surface area contributed by atoms with E-state index >= 15 is 0 Å². The van der Waals surface area contributed by atoms with E-state index in [1.165, 1.54) is 11.1 Å². The number of nitrogens with zero attached hydrogens (tertiary/aromatic N) is 3. The van der Waals surface area contributed by atoms with Gasteiger partial charge in [-0.1, -0.05) is 36.4 Å². The number of fused-ring (bicyclic) bond motifs is 1. The largest absolute Gasteiger partial charge is 0.368 e. The summed E-state index contributed by atoms with van der Waals surface area (Å²) < 4.78 is 0. The molecule has 0 atom stereocenters. The zero-order valence-corrected chi connectivity index (χ0v) is 14.2. The Hall–Kier alpha value is -2.69. The molecule has 0 saturated heterocycles. The molecule has 5 heteroatoms. The van der Waals surface area contributed by atoms with Gasteiger partial charge >= 0.3 is 0 Å². The quantitative estimate of drug-likeness (QED) is 0.635. The number of allylic oxidation sites excluding steroid dienone is 2. The number of benzene rings is 1. The summed E-state index contributed by atoms with van der Waals surface area (Å²) >= 11 is 0. The molecule has 0 unspecified atom stereocenters. The lowest BCUT2D eigenvalue weighted by atomic mass is 10.1. The van der Waals surface area contributed by atoms with Crippen molar-refractivity contribution in [2.75, 3.05) is 11.9 Å². The second-order valence-corrected chi connectivity index (χ2v) is 5.90. The summed E-state index contributed by atoms with van der Waals surface area (Å²) in [6.45, 7) is 4.95. The third kappa shape index (κ3) is 3.98. The fraction of sp³-hybridized carbons (Fsp3) is 0.316. The molecule has 0 saturated carbocycles. The lowest BCUT2D eigenvalue weighted by molar-refractivity contribution is 0.777. The van der Waals surface area contributed by atoms with Crippen molar-refractivity contribution in [2.45, 2.75) is 33.1 Å². The van der Waals surface area contributed by atoms with E-state index in [1.54, 1.807) is 6.33 Å². The number of hydrogen-bond donors (Lipinski definition) is 2. The zero-order chi connectivity index (χ0) is 16.8. The van der Waals surface area contributed by atoms with Gasteiger partial charge in [-0.15, -0.1) is 0 Å². The number of H-pyrrole nitrogens is 1. The van der Waals surface area contributed by atoms with Crippen LogP contribution in [0.3, 0.4) is 0 Å². The number of aryl methyl sites for hydroxylation is 1. The van der Waals surface area contributed by atoms with Crippen molar-refractivity contribution in [2.24, 2.45) is 0 Å². The molecule has 24 heavy (non-hydrogen) atoms. The fourth-order valence-corrected chi connectivity index (χ4v) is 2.68. The molecule has 0 spiro atoms. The zero-order valence-electron chi connectivity index (χ0n) is 14.2. The molecule has 0 aliphatic carbocycles. The number of aromatic nitrogens is 4. The van der Waals surface area contributed by atoms with Crippen LogP contribution in [0.25, 0.3) is 16.7 Å². The molecular weight excluding hydrogens is 298 g/mol. The summed E-state index contributed by atoms with van der Waals surface area (Å²) in [4.78, 5) is 16.0. The summed E-state index contributed by atoms with van der Waals surface area (Å²) in [5.74, 6) is 1.57. The van der Waals surface area contributed by atoms with Crippen molar-refractivity contribution in [3.05, 3.63) is 54.1 Å². The van der Waals surface area contributed by atoms with E-state index in [9.17, 15) is 0 Å². The third-order valence-electron chi connectivity index (χ3n) is 4.00. The van der Waals surface area contributed by atoms with Crippen molar-refractivity contribution in [3.63, 3.8) is 0 Å². The number of nitrogens with one attached hydrogen (secondary N) is 2. The number of imidazole rings is 1. The number of anilines is 1. The number of rotatable bonds is 7. The van der Waals surface area contributed by atoms with Crippen LogP contribution in [0.5, 0.6) is 0 Å². The normalized spacial score (nSPS) is 11.8. The standard InChI is InChI=1S/C19H23N5/c1-14(16-10-6-3-7-11-16)9-5-4-8-12-20-18-17-19(22-13-21-17)24-15(2)23-18/h3,6-7,9-11,13H,4-5,8,12H2,1-2H3,(H2,20,21,22,23,24)/b14-9-. The summed E-state index contributed by atoms with van der Waals surface area (Å²) in [5.41, 5.74) is 4.23. The van der Waals surface area contributed by atoms with E-state index in [4.69, 9.17) is 0 Å². The molecule has 0 bridgehead atoms. The summed E-state index contributed by atoms with van der Waals surface area (Å²) in [6.07, 6.45) is 7.30. The molecule has 2 N–H and O–H groups in total. The van der Waals surface area contributed by atoms with Crippen LogP contribution < -0.4 is 5.32 Å². The molecule has 0 aliphatic heterocycles. The summed E-state index contributed by atoms with van der Waals surface area (Å²) in [5, 5.41) is 3.39. The van der Waals surface area contributed by atoms with E-state index < -0.39 is 0 Å². The van der Waals surface area contributed by atoms with Gasteiger partial charge in [0.15, 0.2) is 11.5 Å². The molecule has 2 aromatic heterocycles. The van der Waals surface area contributed by atoms with Gasteiger partial charge in [-0.25, -0.2) is 15.0 Å². The van der Waals surface area contributed by atoms with E-state index in [-0.39, 0.29) is 0 Å². The molecule has 3 rings (SSSR count). The highest BCUT2D eigenvalue weighted by molar-refractivity contribution is 5.82. The minimum absolute atomic E-state index is 0.714. The van der Waals surface area contributed by atoms with Gasteiger partial charge in [-0.3, -0.25) is 0 Å². The minimum atomic E-state index is 0.714. The molecule has 124 valence electrons. The van der Waals surface area contributed by atoms with Crippen molar-refractivity contribution in [3.8, 4) is 0 Å². The van der Waals surface area contributed by atoms with Crippen LogP contribution in [-0.4, -0.2) is 26.5 Å². The Morgan fingerprint density at radius 1 is 1.17 bits per heavy atom. The summed E-state index contributed by atoms with van der Waals surface area (Å²) in [6, 6.07) is 10.5. The van der Waals surface area contributed by atoms with Crippen molar-refractivity contribution in [1.29, 1.82) is 0 Å². The smallest absolute Gasteiger partial charge is 0.183 e. The maximum absolute atomic E-state index is 4.45. The van der Waals surface area contributed by atoms with Crippen LogP contribution in [0.1, 0.15) is 37.6 Å². The maximum Gasteiger partial charge on any atom is 0.183 e. The van der Waals surface area contributed by atoms with E-state index in [1.807, 2.05) is 13.0 Å². The highest BCUT2D eigenvalue weighted by atomic mass is 15.1. The predicted octanol–water partition coefficient (Wildman–Crippen LogP) is 4.35. The lowest BCUT2D eigenvalue weighted by Gasteiger charge is -2.07. The molecule has 1 aromatic carbocycles. The summed E-state index contributed by atoms with van der Waals surface area (Å²) in [7, 11) is 0. The molecule has 2 heterocycles. The van der Waals surface area contributed by atoms with Gasteiger partial charge in [-0.2, -0.15) is 0 Å². The van der Waals surface area contributed by atoms with Crippen LogP contribution in [0.15, 0.2) is 42.7 Å². The third-order valence-corrected chi connectivity index (χ3v) is 4.00. The van der Waals surface area contributed by atoms with Crippen LogP contribution in [0.2, 0.25) is 0 Å². The van der Waals surface area contributed by atoms with E-state index in [0.29, 0.717) is 5.65 Å². The predicted molar refractivity (Wildman–Crippen MR) is 98.9 cm³/mol. The first-order valence-electron chi connectivity index (χ1n) is 8.38. The molecule has 5 nitrogen and oxygen atoms in total. The van der Waals surface area contributed by atoms with Crippen molar-refractivity contribution < 1.29 is 0 Å². The molecule has 0 fully saturated rings. The first kappa shape index (κ1) is 16.2. The van der Waals surface area contributed by atoms with Gasteiger partial charge < -0.3 is 10.3 Å². The van der Waals surface area contributed by atoms with Crippen molar-refractivity contribution in [1.82, 2.24) is 19.9 Å². The van der Waals surface area contributed by atoms with Gasteiger partial charge in [0.1, 0.15) is 11.3 Å². The fourth-order valence-electron chi connectivity index (χ4n) is 2.68. The van der Waals surface area contributed by atoms with Gasteiger partial charge in [0.25, 0.3) is 0 Å². The van der Waals surface area contributed by atoms with Gasteiger partial charge in [0.05, 0.1) is 6.33 Å². The highest BCUT2D eigenvalue weighted by Crippen LogP contribution is 2.17. The Kier molecular flexibility index (Phi) is 5.21. The van der Waals surface area contributed by atoms with E-state index in [0.717, 1.165) is 43.0 Å². The minimum Gasteiger partial charge on any atom is -0.368 e. The van der Waals surface area contributed by atoms with Crippen molar-refractivity contribution >= 4 is 22.6 Å². The Labute approximate surface area is 142 Å². The molecular formula is C19H23N5. The number of hydrogen-bond acceptors (Lipinski definition) is 4. The molecule has 0 aliphatic rings. The van der Waals surface area contributed by atoms with Crippen LogP contribution in [0, 0.1) is 6.92 Å². The second kappa shape index (κ2) is 7.73. The van der Waals surface area contributed by atoms with Crippen LogP contribution >= 0.6 is 0 Å². The van der Waals surface area contributed by atoms with Crippen LogP contribution in [-0.2, 0) is 0 Å². The first-order chi connectivity index (χ1) is 11.7. The Balaban J connectivity index is 1.46. The monoisotopic (exact) mass is 321 g/mol. The number of unbranched alkanes of at least 4 members (excludes halogenated alkanes) is 2. The average Bonchev–Trinajstić information content (AvgIpc) is 3.06. The lowest BCUT2D eigenvalue weighted by Crippen LogP contribution is -2.05. The maximum atomic E-state index is 4.45. The topological polar surface area (TPSA) is 66.5 Å². The Morgan fingerprint density at radius 2 is 2.00 bits per heavy atom. The van der Waals surface area contributed by atoms with E-state index in [2.05, 4.69) is 62.5 Å². The Bertz CT molecular complexity index is 820. The Morgan fingerprint density at radius 3 is 2.83 bits per heavy atom. The number of aromatic amines is 1. The molecule has 0 amide bonds. The van der Waals surface area contributed by atoms with Gasteiger partial charge in [0.2, 0.25) is 0 Å². The van der Waals surface area contributed by atoms with Gasteiger partial charge in [-0.05, 0) is 44.2 Å². The SMILES string of the molecule is C/C(=C/CCCCNc1nc(C)nc2nc[nH]c12)c1ccccc1. The second-order valence-electron chi connectivity index (χ2n) is 5.90. The molecule has 3 aromatic rings. The molecule has 0 radical (unpaired) electrons. The van der Waals surface area contributed by atoms with Gasteiger partial charge in [0, 0.05) is 6.54 Å². The highest BCUT2D eigenvalue weighted by Gasteiger charge is 2.06. The average molecular weight is 321 g/mol. The van der Waals surface area contributed by atoms with Crippen LogP contribution in [0.4, 0.5) is 5.82 Å².